The van der Waals surface area contributed by atoms with Crippen LogP contribution in [0.4, 0.5) is 0 Å². The predicted molar refractivity (Wildman–Crippen MR) is 73.5 cm³/mol. The van der Waals surface area contributed by atoms with Gasteiger partial charge in [-0.25, -0.2) is 4.98 Å². The van der Waals surface area contributed by atoms with Gasteiger partial charge in [-0.05, 0) is 45.0 Å². The summed E-state index contributed by atoms with van der Waals surface area (Å²) in [6.07, 6.45) is 1.78. The van der Waals surface area contributed by atoms with Crippen molar-refractivity contribution in [1.82, 2.24) is 15.3 Å². The monoisotopic (exact) mass is 361 g/mol. The summed E-state index contributed by atoms with van der Waals surface area (Å²) < 4.78 is 1.90. The van der Waals surface area contributed by atoms with Crippen LogP contribution in [0.2, 0.25) is 0 Å². The van der Waals surface area contributed by atoms with E-state index in [2.05, 4.69) is 47.1 Å². The highest BCUT2D eigenvalue weighted by Crippen LogP contribution is 2.30. The van der Waals surface area contributed by atoms with Crippen LogP contribution in [0.1, 0.15) is 5.69 Å². The van der Waals surface area contributed by atoms with Gasteiger partial charge in [-0.2, -0.15) is 0 Å². The van der Waals surface area contributed by atoms with Crippen LogP contribution in [-0.4, -0.2) is 17.0 Å². The van der Waals surface area contributed by atoms with E-state index in [0.717, 1.165) is 31.9 Å². The summed E-state index contributed by atoms with van der Waals surface area (Å²) >= 11 is 8.47. The zero-order valence-electron chi connectivity index (χ0n) is 8.50. The minimum Gasteiger partial charge on any atom is -0.314 e. The number of hydrogen-bond donors (Lipinski definition) is 1. The van der Waals surface area contributed by atoms with Gasteiger partial charge in [-0.1, -0.05) is 0 Å². The van der Waals surface area contributed by atoms with Gasteiger partial charge in [0.1, 0.15) is 10.7 Å². The van der Waals surface area contributed by atoms with Crippen LogP contribution < -0.4 is 5.32 Å². The third-order valence-corrected chi connectivity index (χ3v) is 3.86. The van der Waals surface area contributed by atoms with Crippen LogP contribution in [0.25, 0.3) is 10.7 Å². The minimum absolute atomic E-state index is 0.782. The molecule has 0 fully saturated rings. The molecule has 0 amide bonds. The molecule has 0 unspecified atom stereocenters. The number of nitrogens with zero attached hydrogens (tertiary/aromatic N) is 2. The third kappa shape index (κ3) is 2.68. The molecule has 1 N–H and O–H groups in total. The topological polar surface area (TPSA) is 37.8 Å². The van der Waals surface area contributed by atoms with Crippen molar-refractivity contribution in [3.05, 3.63) is 32.3 Å². The second-order valence-electron chi connectivity index (χ2n) is 3.16. The number of rotatable bonds is 3. The molecule has 16 heavy (non-hydrogen) atoms. The number of nitrogens with one attached hydrogen (secondary N) is 1. The fourth-order valence-electron chi connectivity index (χ4n) is 1.25. The molecule has 2 heterocycles. The Labute approximate surface area is 115 Å². The summed E-state index contributed by atoms with van der Waals surface area (Å²) in [5.41, 5.74) is 1.93. The Hall–Kier alpha value is -0.300. The maximum atomic E-state index is 4.51. The van der Waals surface area contributed by atoms with Crippen LogP contribution in [0.15, 0.2) is 26.6 Å². The standard InChI is InChI=1S/C10H9Br2N3S/c1-13-4-7-5-16-10(15-7)9-8(12)2-6(11)3-14-9/h2-3,5,13H,4H2,1H3. The van der Waals surface area contributed by atoms with Crippen molar-refractivity contribution in [1.29, 1.82) is 0 Å². The Morgan fingerprint density at radius 2 is 2.25 bits per heavy atom. The van der Waals surface area contributed by atoms with E-state index < -0.39 is 0 Å². The lowest BCUT2D eigenvalue weighted by atomic mass is 10.3. The number of hydrogen-bond acceptors (Lipinski definition) is 4. The lowest BCUT2D eigenvalue weighted by Gasteiger charge is -1.99. The molecule has 0 aliphatic heterocycles. The van der Waals surface area contributed by atoms with Gasteiger partial charge in [0.15, 0.2) is 0 Å². The first-order valence-electron chi connectivity index (χ1n) is 4.61. The second-order valence-corrected chi connectivity index (χ2v) is 5.79. The van der Waals surface area contributed by atoms with E-state index >= 15 is 0 Å². The largest absolute Gasteiger partial charge is 0.314 e. The SMILES string of the molecule is CNCc1csc(-c2ncc(Br)cc2Br)n1. The van der Waals surface area contributed by atoms with E-state index in [9.17, 15) is 0 Å². The predicted octanol–water partition coefficient (Wildman–Crippen LogP) is 3.45. The average molecular weight is 363 g/mol. The van der Waals surface area contributed by atoms with Gasteiger partial charge in [0.2, 0.25) is 0 Å². The number of pyridine rings is 1. The molecule has 6 heteroatoms. The van der Waals surface area contributed by atoms with Crippen molar-refractivity contribution >= 4 is 43.2 Å². The van der Waals surface area contributed by atoms with Crippen LogP contribution in [-0.2, 0) is 6.54 Å². The Morgan fingerprint density at radius 3 is 2.94 bits per heavy atom. The zero-order valence-corrected chi connectivity index (χ0v) is 12.5. The Balaban J connectivity index is 2.35. The molecular formula is C10H9Br2N3S. The third-order valence-electron chi connectivity index (χ3n) is 1.92. The molecule has 2 rings (SSSR count). The quantitative estimate of drug-likeness (QED) is 0.908. The summed E-state index contributed by atoms with van der Waals surface area (Å²) in [5, 5.41) is 6.06. The summed E-state index contributed by atoms with van der Waals surface area (Å²) in [5.74, 6) is 0. The molecule has 0 atom stereocenters. The lowest BCUT2D eigenvalue weighted by Crippen LogP contribution is -2.04. The van der Waals surface area contributed by atoms with Crippen molar-refractivity contribution < 1.29 is 0 Å². The fourth-order valence-corrected chi connectivity index (χ4v) is 3.38. The molecule has 2 aromatic heterocycles. The second kappa shape index (κ2) is 5.35. The molecule has 0 saturated carbocycles. The Kier molecular flexibility index (Phi) is 4.07. The first-order chi connectivity index (χ1) is 7.70. The maximum Gasteiger partial charge on any atom is 0.143 e. The highest BCUT2D eigenvalue weighted by molar-refractivity contribution is 9.11. The summed E-state index contributed by atoms with van der Waals surface area (Å²) in [7, 11) is 1.91. The summed E-state index contributed by atoms with van der Waals surface area (Å²) in [6, 6.07) is 1.97. The van der Waals surface area contributed by atoms with E-state index in [4.69, 9.17) is 0 Å². The van der Waals surface area contributed by atoms with Gasteiger partial charge in [-0.15, -0.1) is 11.3 Å². The smallest absolute Gasteiger partial charge is 0.143 e. The molecule has 84 valence electrons. The van der Waals surface area contributed by atoms with Crippen molar-refractivity contribution in [2.75, 3.05) is 7.05 Å². The van der Waals surface area contributed by atoms with Crippen molar-refractivity contribution in [3.63, 3.8) is 0 Å². The molecular weight excluding hydrogens is 354 g/mol. The molecule has 3 nitrogen and oxygen atoms in total. The molecule has 0 bridgehead atoms. The van der Waals surface area contributed by atoms with Crippen molar-refractivity contribution in [2.24, 2.45) is 0 Å². The Bertz CT molecular complexity index is 499. The number of halogens is 2. The van der Waals surface area contributed by atoms with Gasteiger partial charge in [0.05, 0.1) is 5.69 Å². The normalized spacial score (nSPS) is 10.7. The molecule has 0 spiro atoms. The van der Waals surface area contributed by atoms with Gasteiger partial charge in [-0.3, -0.25) is 4.98 Å². The molecule has 2 aromatic rings. The minimum atomic E-state index is 0.782. The summed E-state index contributed by atoms with van der Waals surface area (Å²) in [6.45, 7) is 0.782. The molecule has 0 saturated heterocycles. The van der Waals surface area contributed by atoms with Gasteiger partial charge >= 0.3 is 0 Å². The Morgan fingerprint density at radius 1 is 1.44 bits per heavy atom. The molecule has 0 radical (unpaired) electrons. The first-order valence-corrected chi connectivity index (χ1v) is 7.07. The van der Waals surface area contributed by atoms with Crippen LogP contribution >= 0.6 is 43.2 Å². The van der Waals surface area contributed by atoms with Crippen LogP contribution in [0.3, 0.4) is 0 Å². The van der Waals surface area contributed by atoms with E-state index in [0.29, 0.717) is 0 Å². The van der Waals surface area contributed by atoms with Gasteiger partial charge in [0, 0.05) is 27.1 Å². The molecule has 0 aliphatic rings. The average Bonchev–Trinajstić information content (AvgIpc) is 2.67. The van der Waals surface area contributed by atoms with E-state index in [1.54, 1.807) is 17.5 Å². The van der Waals surface area contributed by atoms with E-state index in [-0.39, 0.29) is 0 Å². The van der Waals surface area contributed by atoms with E-state index in [1.165, 1.54) is 0 Å². The van der Waals surface area contributed by atoms with E-state index in [1.807, 2.05) is 18.5 Å². The number of thiazole rings is 1. The van der Waals surface area contributed by atoms with Crippen LogP contribution in [0.5, 0.6) is 0 Å². The van der Waals surface area contributed by atoms with Gasteiger partial charge < -0.3 is 5.32 Å². The lowest BCUT2D eigenvalue weighted by molar-refractivity contribution is 0.798. The maximum absolute atomic E-state index is 4.51. The fraction of sp³-hybridized carbons (Fsp3) is 0.200. The first kappa shape index (κ1) is 12.2. The highest BCUT2D eigenvalue weighted by Gasteiger charge is 2.09. The van der Waals surface area contributed by atoms with Crippen molar-refractivity contribution in [3.8, 4) is 10.7 Å². The van der Waals surface area contributed by atoms with Crippen molar-refractivity contribution in [2.45, 2.75) is 6.54 Å². The highest BCUT2D eigenvalue weighted by atomic mass is 79.9. The number of aromatic nitrogens is 2. The van der Waals surface area contributed by atoms with Crippen LogP contribution in [0, 0.1) is 0 Å². The van der Waals surface area contributed by atoms with Gasteiger partial charge in [0.25, 0.3) is 0 Å². The summed E-state index contributed by atoms with van der Waals surface area (Å²) in [4.78, 5) is 8.86. The molecule has 0 aliphatic carbocycles. The molecule has 0 aromatic carbocycles. The zero-order chi connectivity index (χ0) is 11.5.